The van der Waals surface area contributed by atoms with Crippen molar-refractivity contribution < 1.29 is 43.7 Å². The van der Waals surface area contributed by atoms with Crippen molar-refractivity contribution in [1.82, 2.24) is 13.7 Å². The number of aliphatic imine (C=N–C) groups is 3. The highest BCUT2D eigenvalue weighted by Crippen LogP contribution is 2.44. The van der Waals surface area contributed by atoms with Crippen LogP contribution in [0.3, 0.4) is 0 Å². The Morgan fingerprint density at radius 2 is 0.641 bits per heavy atom. The van der Waals surface area contributed by atoms with Crippen molar-refractivity contribution in [2.24, 2.45) is 15.0 Å². The molecule has 0 unspecified atom stereocenters. The molecule has 15 nitrogen and oxygen atoms in total. The van der Waals surface area contributed by atoms with Crippen molar-refractivity contribution in [3.63, 3.8) is 0 Å². The summed E-state index contributed by atoms with van der Waals surface area (Å²) in [4.78, 5) is 15.6. The normalized spacial score (nSPS) is 15.1. The molecule has 10 heterocycles. The van der Waals surface area contributed by atoms with Crippen molar-refractivity contribution in [1.29, 1.82) is 0 Å². The van der Waals surface area contributed by atoms with E-state index in [0.717, 1.165) is 120 Å². The summed E-state index contributed by atoms with van der Waals surface area (Å²) in [6, 6.07) is 30.4. The number of phenolic OH excluding ortho intramolecular Hbond substituents is 3. The van der Waals surface area contributed by atoms with Crippen molar-refractivity contribution in [3.05, 3.63) is 158 Å². The Morgan fingerprint density at radius 1 is 0.359 bits per heavy atom. The van der Waals surface area contributed by atoms with E-state index in [1.165, 1.54) is 0 Å². The Labute approximate surface area is 450 Å². The molecule has 7 aliphatic heterocycles. The lowest BCUT2D eigenvalue weighted by molar-refractivity contribution is 0.366. The van der Waals surface area contributed by atoms with Crippen LogP contribution >= 0.6 is 0 Å². The Morgan fingerprint density at radius 3 is 0.910 bits per heavy atom. The van der Waals surface area contributed by atoms with Gasteiger partial charge in [-0.2, -0.15) is 0 Å². The quantitative estimate of drug-likeness (QED) is 0.147. The second-order valence-electron chi connectivity index (χ2n) is 20.5. The summed E-state index contributed by atoms with van der Waals surface area (Å²) >= 11 is 0. The molecule has 15 heteroatoms. The summed E-state index contributed by atoms with van der Waals surface area (Å²) < 4.78 is 42.5. The van der Waals surface area contributed by atoms with Crippen LogP contribution in [0.1, 0.15) is 67.2 Å². The lowest BCUT2D eigenvalue weighted by Crippen LogP contribution is -2.20. The van der Waals surface area contributed by atoms with Gasteiger partial charge >= 0.3 is 0 Å². The van der Waals surface area contributed by atoms with Gasteiger partial charge in [0.05, 0.1) is 113 Å². The number of aromatic hydroxyl groups is 3. The summed E-state index contributed by atoms with van der Waals surface area (Å²) in [5, 5.41) is 40.5. The predicted molar refractivity (Wildman–Crippen MR) is 303 cm³/mol. The van der Waals surface area contributed by atoms with Crippen LogP contribution in [0.25, 0.3) is 32.7 Å². The summed E-state index contributed by atoms with van der Waals surface area (Å²) in [5.41, 5.74) is 16.0. The van der Waals surface area contributed by atoms with Crippen LogP contribution in [-0.2, 0) is 58.2 Å². The van der Waals surface area contributed by atoms with Gasteiger partial charge in [-0.1, -0.05) is 36.4 Å². The van der Waals surface area contributed by atoms with E-state index in [0.29, 0.717) is 110 Å². The van der Waals surface area contributed by atoms with Crippen LogP contribution in [0.4, 0.5) is 0 Å². The molecule has 78 heavy (non-hydrogen) atoms. The molecule has 0 radical (unpaired) electrons. The number of hydrogen-bond donors (Lipinski definition) is 3. The number of rotatable bonds is 6. The second-order valence-corrected chi connectivity index (χ2v) is 20.5. The van der Waals surface area contributed by atoms with Gasteiger partial charge in [0.2, 0.25) is 0 Å². The fourth-order valence-corrected chi connectivity index (χ4v) is 12.9. The van der Waals surface area contributed by atoms with Crippen LogP contribution in [-0.4, -0.2) is 108 Å². The first-order valence-corrected chi connectivity index (χ1v) is 26.4. The van der Waals surface area contributed by atoms with Crippen LogP contribution in [0.15, 0.2) is 106 Å². The molecule has 0 atom stereocenters. The van der Waals surface area contributed by atoms with E-state index in [1.54, 1.807) is 42.7 Å². The van der Waals surface area contributed by atoms with Crippen molar-refractivity contribution in [2.75, 3.05) is 62.3 Å². The number of benzene rings is 6. The zero-order chi connectivity index (χ0) is 53.5. The van der Waals surface area contributed by atoms with E-state index in [9.17, 15) is 15.3 Å². The van der Waals surface area contributed by atoms with Gasteiger partial charge in [-0.3, -0.25) is 15.0 Å². The minimum atomic E-state index is 0.0362. The first-order chi connectivity index (χ1) is 38.1. The molecule has 0 amide bonds. The number of fused-ring (bicyclic) bond motifs is 9. The molecule has 3 aromatic heterocycles. The van der Waals surface area contributed by atoms with Crippen LogP contribution in [0.5, 0.6) is 51.7 Å². The molecular formula is C63H60N6O9. The number of hydrogen-bond acceptors (Lipinski definition) is 12. The van der Waals surface area contributed by atoms with Gasteiger partial charge < -0.3 is 57.4 Å². The lowest BCUT2D eigenvalue weighted by atomic mass is 9.96. The van der Waals surface area contributed by atoms with E-state index in [4.69, 9.17) is 43.4 Å². The van der Waals surface area contributed by atoms with Gasteiger partial charge in [-0.05, 0) is 72.4 Å². The highest BCUT2D eigenvalue weighted by atomic mass is 16.5. The maximum Gasteiger partial charge on any atom is 0.164 e. The summed E-state index contributed by atoms with van der Waals surface area (Å²) in [5.74, 6) is 3.34. The van der Waals surface area contributed by atoms with Crippen molar-refractivity contribution in [3.8, 4) is 51.7 Å². The molecule has 0 spiro atoms. The summed E-state index contributed by atoms with van der Waals surface area (Å²) in [6.07, 6.45) is 3.26. The third-order valence-electron chi connectivity index (χ3n) is 16.5. The zero-order valence-electron chi connectivity index (χ0n) is 44.6. The van der Waals surface area contributed by atoms with E-state index in [2.05, 4.69) is 31.9 Å². The Balaban J connectivity index is 1.02. The van der Waals surface area contributed by atoms with E-state index >= 15 is 0 Å². The van der Waals surface area contributed by atoms with Crippen LogP contribution in [0, 0.1) is 0 Å². The minimum absolute atomic E-state index is 0.0362. The van der Waals surface area contributed by atoms with Crippen molar-refractivity contribution >= 4 is 49.8 Å². The van der Waals surface area contributed by atoms with Crippen LogP contribution in [0.2, 0.25) is 0 Å². The number of methoxy groups -OCH3 is 6. The summed E-state index contributed by atoms with van der Waals surface area (Å²) in [6.45, 7) is 2.63. The van der Waals surface area contributed by atoms with Gasteiger partial charge in [0.15, 0.2) is 34.5 Å². The molecule has 16 rings (SSSR count). The third-order valence-corrected chi connectivity index (χ3v) is 16.5. The molecule has 0 aliphatic carbocycles. The standard InChI is InChI=1S/C63H60N6O9/c1-73-40-13-16-43-46-19-22-64-49-25-34-8-11-38(59(71)62(34)77-5)32-68-53-29-41(74-2)15-18-45(53)48-21-24-66-51(57(48)68)27-36-9-12-39(60(72)63(36)78-6)33-69-54-30-42(75-3)14-17-44(54)47-20-23-65-50(56(47)69)26-35-7-10-37(58(70)61(35)76-4)31-67(55(46)49)52(43)28-40/h7-18,28-30,70-72H,19-27,31-33H2,1-6H3. The number of aromatic nitrogens is 3. The Bertz CT molecular complexity index is 3650. The molecule has 396 valence electrons. The minimum Gasteiger partial charge on any atom is -0.504 e. The van der Waals surface area contributed by atoms with Crippen molar-refractivity contribution in [2.45, 2.75) is 58.2 Å². The molecule has 6 aromatic carbocycles. The average Bonchev–Trinajstić information content (AvgIpc) is 4.31. The number of nitrogens with zero attached hydrogens (tertiary/aromatic N) is 6. The number of ether oxygens (including phenoxy) is 6. The molecule has 6 bridgehead atoms. The molecule has 0 fully saturated rings. The molecule has 3 N–H and O–H groups in total. The monoisotopic (exact) mass is 1040 g/mol. The predicted octanol–water partition coefficient (Wildman–Crippen LogP) is 9.94. The first kappa shape index (κ1) is 48.8. The van der Waals surface area contributed by atoms with Gasteiger partial charge in [0, 0.05) is 107 Å². The summed E-state index contributed by atoms with van der Waals surface area (Å²) in [7, 11) is 9.77. The third kappa shape index (κ3) is 7.72. The maximum atomic E-state index is 12.4. The highest BCUT2D eigenvalue weighted by molar-refractivity contribution is 6.10. The maximum absolute atomic E-state index is 12.4. The average molecular weight is 1050 g/mol. The van der Waals surface area contributed by atoms with E-state index < -0.39 is 0 Å². The molecule has 9 aromatic rings. The smallest absolute Gasteiger partial charge is 0.164 e. The molecule has 0 saturated carbocycles. The lowest BCUT2D eigenvalue weighted by Gasteiger charge is -2.22. The molecule has 7 aliphatic rings. The molecular weight excluding hydrogens is 985 g/mol. The fraction of sp³-hybridized carbons (Fsp3) is 0.286. The second kappa shape index (κ2) is 19.3. The van der Waals surface area contributed by atoms with E-state index in [-0.39, 0.29) is 17.2 Å². The number of phenols is 3. The zero-order valence-corrected chi connectivity index (χ0v) is 44.6. The molecule has 0 saturated heterocycles. The largest absolute Gasteiger partial charge is 0.504 e. The van der Waals surface area contributed by atoms with Gasteiger partial charge in [0.1, 0.15) is 17.2 Å². The fourth-order valence-electron chi connectivity index (χ4n) is 12.9. The van der Waals surface area contributed by atoms with E-state index in [1.807, 2.05) is 72.8 Å². The van der Waals surface area contributed by atoms with Gasteiger partial charge in [0.25, 0.3) is 0 Å². The Kier molecular flexibility index (Phi) is 12.1. The SMILES string of the molecule is COc1ccc2c3c4n(c2c1)Cc1ccc(c(OC)c1O)CC1=NCCc2c1n(c1cc(OC)ccc21)Cc1ccc(c(OC)c1O)CC1=NCCc2c1n(c1cc(OC)ccc21)Cc1ccc(c(OC)c1O)CC4=NCC3. The van der Waals surface area contributed by atoms with Gasteiger partial charge in [-0.15, -0.1) is 0 Å². The first-order valence-electron chi connectivity index (χ1n) is 26.4. The Hall–Kier alpha value is -8.85. The highest BCUT2D eigenvalue weighted by Gasteiger charge is 2.32. The topological polar surface area (TPSA) is 168 Å². The van der Waals surface area contributed by atoms with Gasteiger partial charge in [-0.25, -0.2) is 0 Å². The van der Waals surface area contributed by atoms with Crippen LogP contribution < -0.4 is 28.4 Å².